The highest BCUT2D eigenvalue weighted by molar-refractivity contribution is 8.01. The molecule has 0 aromatic heterocycles. The number of benzene rings is 1. The van der Waals surface area contributed by atoms with Crippen molar-refractivity contribution < 1.29 is 8.42 Å². The van der Waals surface area contributed by atoms with Crippen LogP contribution in [0.4, 0.5) is 0 Å². The van der Waals surface area contributed by atoms with Gasteiger partial charge in [-0.25, -0.2) is 8.42 Å². The number of hydrogen-bond donors (Lipinski definition) is 1. The number of nitrogens with zero attached hydrogens (tertiary/aromatic N) is 2. The van der Waals surface area contributed by atoms with Crippen LogP contribution < -0.4 is 5.73 Å². The molecule has 1 aromatic carbocycles. The Bertz CT molecular complexity index is 668. The van der Waals surface area contributed by atoms with Gasteiger partial charge in [-0.15, -0.1) is 0 Å². The summed E-state index contributed by atoms with van der Waals surface area (Å²) in [5.41, 5.74) is 7.31. The summed E-state index contributed by atoms with van der Waals surface area (Å²) in [6, 6.07) is 10.4. The molecule has 2 atom stereocenters. The van der Waals surface area contributed by atoms with Crippen molar-refractivity contribution in [1.82, 2.24) is 9.80 Å². The van der Waals surface area contributed by atoms with Gasteiger partial charge in [-0.05, 0) is 12.0 Å². The molecule has 2 aliphatic heterocycles. The summed E-state index contributed by atoms with van der Waals surface area (Å²) in [6.45, 7) is 5.78. The van der Waals surface area contributed by atoms with Crippen molar-refractivity contribution in [3.63, 3.8) is 0 Å². The van der Waals surface area contributed by atoms with Gasteiger partial charge in [0, 0.05) is 55.5 Å². The fourth-order valence-corrected chi connectivity index (χ4v) is 7.14. The van der Waals surface area contributed by atoms with Crippen molar-refractivity contribution in [2.24, 2.45) is 5.73 Å². The van der Waals surface area contributed by atoms with Gasteiger partial charge in [0.05, 0.1) is 0 Å². The second-order valence-electron chi connectivity index (χ2n) is 7.05. The molecule has 2 fully saturated rings. The van der Waals surface area contributed by atoms with Crippen molar-refractivity contribution in [2.75, 3.05) is 43.4 Å². The van der Waals surface area contributed by atoms with E-state index >= 15 is 0 Å². The van der Waals surface area contributed by atoms with E-state index in [4.69, 9.17) is 5.73 Å². The Balaban J connectivity index is 1.78. The average Bonchev–Trinajstić information content (AvgIpc) is 3.07. The lowest BCUT2D eigenvalue weighted by Gasteiger charge is -2.47. The Morgan fingerprint density at radius 2 is 2.04 bits per heavy atom. The van der Waals surface area contributed by atoms with Crippen LogP contribution in [0.3, 0.4) is 0 Å². The fourth-order valence-electron chi connectivity index (χ4n) is 4.05. The van der Waals surface area contributed by atoms with Crippen molar-refractivity contribution in [1.29, 1.82) is 0 Å². The molecule has 2 aliphatic rings. The van der Waals surface area contributed by atoms with Crippen LogP contribution in [0.5, 0.6) is 0 Å². The second kappa shape index (κ2) is 7.96. The van der Waals surface area contributed by atoms with Gasteiger partial charge in [0.2, 0.25) is 0 Å². The number of rotatable bonds is 6. The van der Waals surface area contributed by atoms with Crippen molar-refractivity contribution >= 4 is 21.6 Å². The van der Waals surface area contributed by atoms with E-state index in [9.17, 15) is 8.42 Å². The van der Waals surface area contributed by atoms with E-state index in [1.165, 1.54) is 5.56 Å². The molecule has 2 N–H and O–H groups in total. The van der Waals surface area contributed by atoms with Gasteiger partial charge >= 0.3 is 0 Å². The lowest BCUT2D eigenvalue weighted by Crippen LogP contribution is -2.63. The molecular formula is C18H29N3O2S2. The molecule has 25 heavy (non-hydrogen) atoms. The molecule has 0 spiro atoms. The third-order valence-corrected chi connectivity index (χ3v) is 8.84. The van der Waals surface area contributed by atoms with Crippen LogP contribution in [0.15, 0.2) is 30.3 Å². The number of hydrogen-bond acceptors (Lipinski definition) is 6. The van der Waals surface area contributed by atoms with Gasteiger partial charge in [-0.1, -0.05) is 37.3 Å². The molecule has 2 saturated heterocycles. The van der Waals surface area contributed by atoms with Gasteiger partial charge in [-0.3, -0.25) is 9.80 Å². The normalized spacial score (nSPS) is 29.1. The minimum Gasteiger partial charge on any atom is -0.329 e. The fraction of sp³-hybridized carbons (Fsp3) is 0.667. The van der Waals surface area contributed by atoms with Crippen LogP contribution in [-0.2, 0) is 16.4 Å². The summed E-state index contributed by atoms with van der Waals surface area (Å²) in [5, 5.41) is -0.392. The molecular weight excluding hydrogens is 354 g/mol. The first-order valence-corrected chi connectivity index (χ1v) is 11.9. The lowest BCUT2D eigenvalue weighted by atomic mass is 9.96. The first-order valence-electron chi connectivity index (χ1n) is 9.03. The van der Waals surface area contributed by atoms with E-state index in [1.54, 1.807) is 18.7 Å². The van der Waals surface area contributed by atoms with Crippen molar-refractivity contribution in [2.45, 2.75) is 30.8 Å². The zero-order valence-electron chi connectivity index (χ0n) is 14.9. The van der Waals surface area contributed by atoms with E-state index in [0.29, 0.717) is 12.3 Å². The highest BCUT2D eigenvalue weighted by Crippen LogP contribution is 2.35. The SMILES string of the molecule is CCS(=O)(=O)C1CSCCN1C1(CN)CCN(Cc2ccccc2)C1. The van der Waals surface area contributed by atoms with Crippen molar-refractivity contribution in [3.05, 3.63) is 35.9 Å². The second-order valence-corrected chi connectivity index (χ2v) is 10.6. The Morgan fingerprint density at radius 3 is 2.72 bits per heavy atom. The smallest absolute Gasteiger partial charge is 0.166 e. The maximum atomic E-state index is 12.6. The minimum absolute atomic E-state index is 0.198. The summed E-state index contributed by atoms with van der Waals surface area (Å²) < 4.78 is 25.3. The highest BCUT2D eigenvalue weighted by atomic mass is 32.2. The molecule has 7 heteroatoms. The van der Waals surface area contributed by atoms with Crippen LogP contribution in [0.25, 0.3) is 0 Å². The summed E-state index contributed by atoms with van der Waals surface area (Å²) in [7, 11) is -3.10. The molecule has 0 bridgehead atoms. The quantitative estimate of drug-likeness (QED) is 0.801. The summed E-state index contributed by atoms with van der Waals surface area (Å²) in [4.78, 5) is 4.65. The number of likely N-dealkylation sites (tertiary alicyclic amines) is 1. The van der Waals surface area contributed by atoms with E-state index in [1.807, 2.05) is 6.07 Å². The zero-order valence-corrected chi connectivity index (χ0v) is 16.6. The third-order valence-electron chi connectivity index (χ3n) is 5.55. The molecule has 5 nitrogen and oxygen atoms in total. The number of sulfone groups is 1. The Labute approximate surface area is 155 Å². The molecule has 3 rings (SSSR count). The van der Waals surface area contributed by atoms with Crippen LogP contribution in [0.2, 0.25) is 0 Å². The Hall–Kier alpha value is -0.600. The Kier molecular flexibility index (Phi) is 6.11. The van der Waals surface area contributed by atoms with Gasteiger partial charge in [0.25, 0.3) is 0 Å². The number of nitrogens with two attached hydrogens (primary N) is 1. The maximum absolute atomic E-state index is 12.6. The van der Waals surface area contributed by atoms with Crippen LogP contribution >= 0.6 is 11.8 Å². The van der Waals surface area contributed by atoms with Gasteiger partial charge < -0.3 is 5.73 Å². The Morgan fingerprint density at radius 1 is 1.28 bits per heavy atom. The summed E-state index contributed by atoms with van der Waals surface area (Å²) in [5.74, 6) is 1.84. The molecule has 1 aromatic rings. The largest absolute Gasteiger partial charge is 0.329 e. The average molecular weight is 384 g/mol. The topological polar surface area (TPSA) is 66.6 Å². The molecule has 0 aliphatic carbocycles. The minimum atomic E-state index is -3.10. The predicted molar refractivity (Wildman–Crippen MR) is 105 cm³/mol. The zero-order chi connectivity index (χ0) is 17.9. The monoisotopic (exact) mass is 383 g/mol. The molecule has 140 valence electrons. The van der Waals surface area contributed by atoms with Gasteiger partial charge in [0.1, 0.15) is 5.37 Å². The maximum Gasteiger partial charge on any atom is 0.166 e. The molecule has 2 unspecified atom stereocenters. The van der Waals surface area contributed by atoms with E-state index in [-0.39, 0.29) is 11.3 Å². The van der Waals surface area contributed by atoms with Gasteiger partial charge in [0.15, 0.2) is 9.84 Å². The molecule has 0 amide bonds. The van der Waals surface area contributed by atoms with E-state index in [0.717, 1.165) is 38.4 Å². The summed E-state index contributed by atoms with van der Waals surface area (Å²) >= 11 is 1.75. The first kappa shape index (κ1) is 19.2. The molecule has 2 heterocycles. The van der Waals surface area contributed by atoms with E-state index in [2.05, 4.69) is 34.1 Å². The number of thioether (sulfide) groups is 1. The highest BCUT2D eigenvalue weighted by Gasteiger charge is 2.48. The molecule has 0 radical (unpaired) electrons. The standard InChI is InChI=1S/C18H29N3O2S2/c1-2-25(22,23)17-13-24-11-10-21(17)18(14-19)8-9-20(15-18)12-16-6-4-3-5-7-16/h3-7,17H,2,8-15,19H2,1H3. The van der Waals surface area contributed by atoms with Crippen molar-refractivity contribution in [3.8, 4) is 0 Å². The first-order chi connectivity index (χ1) is 12.0. The van der Waals surface area contributed by atoms with Crippen LogP contribution in [0, 0.1) is 0 Å². The molecule has 0 saturated carbocycles. The van der Waals surface area contributed by atoms with Crippen LogP contribution in [-0.4, -0.2) is 72.6 Å². The predicted octanol–water partition coefficient (Wildman–Crippen LogP) is 1.40. The van der Waals surface area contributed by atoms with E-state index < -0.39 is 15.2 Å². The van der Waals surface area contributed by atoms with Crippen LogP contribution in [0.1, 0.15) is 18.9 Å². The summed E-state index contributed by atoms with van der Waals surface area (Å²) in [6.07, 6.45) is 0.941. The lowest BCUT2D eigenvalue weighted by molar-refractivity contribution is 0.0932. The third kappa shape index (κ3) is 4.06. The van der Waals surface area contributed by atoms with Gasteiger partial charge in [-0.2, -0.15) is 11.8 Å².